The summed E-state index contributed by atoms with van der Waals surface area (Å²) in [6.45, 7) is 4.13. The van der Waals surface area contributed by atoms with E-state index < -0.39 is 36.3 Å². The van der Waals surface area contributed by atoms with E-state index in [1.807, 2.05) is 72.8 Å². The van der Waals surface area contributed by atoms with Crippen LogP contribution in [0.5, 0.6) is 0 Å². The Morgan fingerprint density at radius 1 is 0.500 bits per heavy atom. The maximum Gasteiger partial charge on any atom is 0.245 e. The largest absolute Gasteiger partial charge is 0.347 e. The van der Waals surface area contributed by atoms with Crippen LogP contribution in [-0.2, 0) is 64.0 Å². The number of nitrogens with one attached hydrogen (secondary N) is 8. The van der Waals surface area contributed by atoms with Crippen LogP contribution in [0.2, 0.25) is 0 Å². The molecule has 18 heteroatoms. The number of rotatable bonds is 23. The molecular formula is C62H80N10O8. The second-order valence-corrected chi connectivity index (χ2v) is 21.9. The molecule has 80 heavy (non-hydrogen) atoms. The number of hydrogen-bond acceptors (Lipinski definition) is 10. The second-order valence-electron chi connectivity index (χ2n) is 21.9. The number of hydrogen-bond donors (Lipinski definition) is 8. The third-order valence-electron chi connectivity index (χ3n) is 16.4. The smallest absolute Gasteiger partial charge is 0.245 e. The van der Waals surface area contributed by atoms with Crippen molar-refractivity contribution in [3.05, 3.63) is 130 Å². The molecule has 2 heterocycles. The van der Waals surface area contributed by atoms with E-state index >= 15 is 0 Å². The van der Waals surface area contributed by atoms with E-state index in [1.54, 1.807) is 37.7 Å². The zero-order chi connectivity index (χ0) is 56.7. The van der Waals surface area contributed by atoms with Crippen LogP contribution in [0, 0.1) is 0 Å². The summed E-state index contributed by atoms with van der Waals surface area (Å²) in [7, 11) is 3.31. The molecular weight excluding hydrogens is 1010 g/mol. The molecule has 0 spiro atoms. The summed E-state index contributed by atoms with van der Waals surface area (Å²) in [5.74, 6) is -2.57. The molecule has 0 bridgehead atoms. The number of anilines is 2. The van der Waals surface area contributed by atoms with Gasteiger partial charge in [0.2, 0.25) is 47.3 Å². The number of benzene rings is 4. The van der Waals surface area contributed by atoms with Crippen LogP contribution in [0.4, 0.5) is 11.4 Å². The number of likely N-dealkylation sites (N-methyl/N-ethyl adjacent to an activating group) is 2. The van der Waals surface area contributed by atoms with Gasteiger partial charge >= 0.3 is 0 Å². The Morgan fingerprint density at radius 2 is 0.887 bits per heavy atom. The quantitative estimate of drug-likeness (QED) is 0.0467. The summed E-state index contributed by atoms with van der Waals surface area (Å²) in [5.41, 5.74) is 7.93. The van der Waals surface area contributed by atoms with Gasteiger partial charge in [-0.2, -0.15) is 0 Å². The van der Waals surface area contributed by atoms with Gasteiger partial charge in [-0.15, -0.1) is 0 Å². The summed E-state index contributed by atoms with van der Waals surface area (Å²) < 4.78 is 0. The molecule has 18 nitrogen and oxygen atoms in total. The zero-order valence-electron chi connectivity index (χ0n) is 46.7. The van der Waals surface area contributed by atoms with Crippen LogP contribution >= 0.6 is 0 Å². The summed E-state index contributed by atoms with van der Waals surface area (Å²) >= 11 is 0. The predicted octanol–water partition coefficient (Wildman–Crippen LogP) is 5.46. The van der Waals surface area contributed by atoms with Gasteiger partial charge in [-0.25, -0.2) is 0 Å². The van der Waals surface area contributed by atoms with E-state index in [-0.39, 0.29) is 85.0 Å². The first-order valence-electron chi connectivity index (χ1n) is 28.8. The molecule has 2 saturated heterocycles. The topological polar surface area (TPSA) is 239 Å². The van der Waals surface area contributed by atoms with Gasteiger partial charge in [0.1, 0.15) is 24.2 Å². The van der Waals surface area contributed by atoms with Crippen LogP contribution in [0.25, 0.3) is 0 Å². The summed E-state index contributed by atoms with van der Waals surface area (Å²) in [6, 6.07) is 26.5. The highest BCUT2D eigenvalue weighted by Crippen LogP contribution is 2.32. The molecule has 0 aromatic heterocycles. The van der Waals surface area contributed by atoms with E-state index in [1.165, 1.54) is 11.1 Å². The van der Waals surface area contributed by atoms with Crippen molar-refractivity contribution in [1.82, 2.24) is 41.7 Å². The lowest BCUT2D eigenvalue weighted by Gasteiger charge is -2.32. The van der Waals surface area contributed by atoms with Crippen LogP contribution < -0.4 is 42.5 Å². The minimum atomic E-state index is -1.01. The molecule has 0 radical (unpaired) electrons. The van der Waals surface area contributed by atoms with E-state index in [0.717, 1.165) is 60.8 Å². The number of nitrogens with zero attached hydrogens (tertiary/aromatic N) is 2. The van der Waals surface area contributed by atoms with Crippen LogP contribution in [0.3, 0.4) is 0 Å². The molecule has 426 valence electrons. The molecule has 8 rings (SSSR count). The molecule has 2 aliphatic heterocycles. The van der Waals surface area contributed by atoms with Crippen molar-refractivity contribution in [2.45, 2.75) is 165 Å². The molecule has 2 aliphatic carbocycles. The third kappa shape index (κ3) is 15.3. The second kappa shape index (κ2) is 28.1. The molecule has 4 aromatic carbocycles. The monoisotopic (exact) mass is 1090 g/mol. The molecule has 8 amide bonds. The van der Waals surface area contributed by atoms with Gasteiger partial charge in [0, 0.05) is 37.3 Å². The van der Waals surface area contributed by atoms with Gasteiger partial charge < -0.3 is 52.3 Å². The molecule has 4 aliphatic rings. The van der Waals surface area contributed by atoms with Gasteiger partial charge in [-0.3, -0.25) is 38.4 Å². The Morgan fingerprint density at radius 3 is 1.27 bits per heavy atom. The fourth-order valence-electron chi connectivity index (χ4n) is 11.5. The van der Waals surface area contributed by atoms with E-state index in [2.05, 4.69) is 66.8 Å². The number of carbonyl (C=O) groups is 8. The highest BCUT2D eigenvalue weighted by Gasteiger charge is 2.41. The number of amides is 8. The average Bonchev–Trinajstić information content (AvgIpc) is 4.19. The van der Waals surface area contributed by atoms with E-state index in [0.29, 0.717) is 63.0 Å². The van der Waals surface area contributed by atoms with Crippen molar-refractivity contribution < 1.29 is 38.4 Å². The molecule has 8 N–H and O–H groups in total. The SMILES string of the molecule is CN[C@@H](C)C(=O)NC(CCC(=O)Nc1ccc(CCc2ccc(NC(=O)CCC(NC(=O)[C@H](C)NC)C(=O)N3CCC[C@H]3C(=O)N[C@@H]3CCCc4ccccc43)cc2)cc1)C(=O)N1CCC[C@H]1C(=O)NC1CCCc2ccccc21. The van der Waals surface area contributed by atoms with Crippen molar-refractivity contribution >= 4 is 58.6 Å². The number of likely N-dealkylation sites (tertiary alicyclic amines) is 2. The Labute approximate surface area is 470 Å². The number of aryl methyl sites for hydroxylation is 4. The van der Waals surface area contributed by atoms with Gasteiger partial charge in [0.05, 0.1) is 24.2 Å². The first-order chi connectivity index (χ1) is 38.7. The molecule has 2 fully saturated rings. The maximum atomic E-state index is 14.2. The number of carbonyl (C=O) groups excluding carboxylic acids is 8. The summed E-state index contributed by atoms with van der Waals surface area (Å²) in [4.78, 5) is 112. The van der Waals surface area contributed by atoms with Crippen LogP contribution in [0.15, 0.2) is 97.1 Å². The van der Waals surface area contributed by atoms with Crippen molar-refractivity contribution in [2.75, 3.05) is 37.8 Å². The fraction of sp³-hybridized carbons (Fsp3) is 0.484. The van der Waals surface area contributed by atoms with E-state index in [4.69, 9.17) is 0 Å². The minimum Gasteiger partial charge on any atom is -0.347 e. The number of fused-ring (bicyclic) bond motifs is 2. The Hall–Kier alpha value is -7.44. The van der Waals surface area contributed by atoms with Crippen molar-refractivity contribution in [3.8, 4) is 0 Å². The standard InChI is InChI=1S/C62H80N10O8/c1-39(63-3)57(75)69-51(61(79)71-37-11-21-53(71)59(77)67-49-19-9-15-43-13-5-7-17-47(43)49)33-35-55(73)65-45-29-25-41(26-30-45)23-24-42-27-31-46(32-28-42)66-56(74)36-34-52(70-58(76)40(2)64-4)62(80)72-38-12-22-54(72)60(78)68-50-20-10-16-44-14-6-8-18-48(44)50/h5-8,13-14,17-18,25-32,39-40,49-54,63-64H,9-12,15-16,19-24,33-38H2,1-4H3,(H,65,73)(H,66,74)(H,67,77)(H,68,78)(H,69,75)(H,70,76)/t39-,40-,49+,50?,51?,52?,53-,54-/m0/s1. The maximum absolute atomic E-state index is 14.2. The minimum absolute atomic E-state index is 0.0432. The van der Waals surface area contributed by atoms with Gasteiger partial charge in [0.25, 0.3) is 0 Å². The highest BCUT2D eigenvalue weighted by atomic mass is 16.2. The normalized spacial score (nSPS) is 19.9. The first kappa shape index (κ1) is 58.7. The predicted molar refractivity (Wildman–Crippen MR) is 307 cm³/mol. The summed E-state index contributed by atoms with van der Waals surface area (Å²) in [6.07, 6.45) is 9.25. The average molecular weight is 1090 g/mol. The Kier molecular flexibility index (Phi) is 20.6. The van der Waals surface area contributed by atoms with Crippen molar-refractivity contribution in [2.24, 2.45) is 0 Å². The Bertz CT molecular complexity index is 2650. The highest BCUT2D eigenvalue weighted by molar-refractivity contribution is 5.96. The van der Waals surface area contributed by atoms with Gasteiger partial charge in [-0.1, -0.05) is 72.8 Å². The third-order valence-corrected chi connectivity index (χ3v) is 16.4. The fourth-order valence-corrected chi connectivity index (χ4v) is 11.5. The van der Waals surface area contributed by atoms with Gasteiger partial charge in [-0.05, 0) is 175 Å². The lowest BCUT2D eigenvalue weighted by molar-refractivity contribution is -0.142. The van der Waals surface area contributed by atoms with E-state index in [9.17, 15) is 38.4 Å². The van der Waals surface area contributed by atoms with Crippen LogP contribution in [0.1, 0.15) is 136 Å². The molecule has 8 atom stereocenters. The zero-order valence-corrected chi connectivity index (χ0v) is 46.7. The lowest BCUT2D eigenvalue weighted by atomic mass is 9.87. The molecule has 0 saturated carbocycles. The molecule has 4 aromatic rings. The Balaban J connectivity index is 0.793. The lowest BCUT2D eigenvalue weighted by Crippen LogP contribution is -2.55. The summed E-state index contributed by atoms with van der Waals surface area (Å²) in [5, 5.41) is 23.8. The van der Waals surface area contributed by atoms with Crippen molar-refractivity contribution in [3.63, 3.8) is 0 Å². The first-order valence-corrected chi connectivity index (χ1v) is 28.8. The molecule has 3 unspecified atom stereocenters. The van der Waals surface area contributed by atoms with Crippen molar-refractivity contribution in [1.29, 1.82) is 0 Å². The van der Waals surface area contributed by atoms with Gasteiger partial charge in [0.15, 0.2) is 0 Å². The van der Waals surface area contributed by atoms with Crippen LogP contribution in [-0.4, -0.2) is 120 Å².